The molecule has 0 saturated carbocycles. The average Bonchev–Trinajstić information content (AvgIpc) is 3.00. The van der Waals surface area contributed by atoms with Crippen LogP contribution >= 0.6 is 0 Å². The number of aryl methyl sites for hydroxylation is 1. The minimum atomic E-state index is -2.48. The van der Waals surface area contributed by atoms with E-state index in [1.54, 1.807) is 53.1 Å². The number of hydrogen-bond donors (Lipinski definition) is 0. The zero-order valence-electron chi connectivity index (χ0n) is 11.8. The van der Waals surface area contributed by atoms with Gasteiger partial charge in [0.2, 0.25) is 6.43 Å². The first-order valence-corrected chi connectivity index (χ1v) is 7.02. The molecule has 0 aliphatic heterocycles. The summed E-state index contributed by atoms with van der Waals surface area (Å²) in [6.45, 7) is 0.157. The molecule has 0 aliphatic carbocycles. The van der Waals surface area contributed by atoms with Crippen LogP contribution in [0.1, 0.15) is 17.9 Å². The quantitative estimate of drug-likeness (QED) is 0.727. The van der Waals surface area contributed by atoms with Gasteiger partial charge >= 0.3 is 0 Å². The van der Waals surface area contributed by atoms with Crippen LogP contribution in [0.3, 0.4) is 0 Å². The Kier molecular flexibility index (Phi) is 4.00. The topological polar surface area (TPSA) is 39.3 Å². The Bertz CT molecular complexity index is 811. The largest absolute Gasteiger partial charge is 0.301 e. The van der Waals surface area contributed by atoms with Gasteiger partial charge < -0.3 is 4.40 Å². The van der Waals surface area contributed by atoms with Crippen molar-refractivity contribution in [2.45, 2.75) is 25.3 Å². The highest BCUT2D eigenvalue weighted by Gasteiger charge is 2.22. The molecule has 0 fully saturated rings. The van der Waals surface area contributed by atoms with Gasteiger partial charge in [-0.2, -0.15) is 5.10 Å². The summed E-state index contributed by atoms with van der Waals surface area (Å²) in [6, 6.07) is 12.1. The number of aromatic nitrogens is 3. The van der Waals surface area contributed by atoms with Gasteiger partial charge in [-0.1, -0.05) is 30.3 Å². The predicted octanol–water partition coefficient (Wildman–Crippen LogP) is 2.94. The molecule has 0 N–H and O–H groups in total. The van der Waals surface area contributed by atoms with Crippen molar-refractivity contribution < 1.29 is 8.78 Å². The maximum absolute atomic E-state index is 13.3. The van der Waals surface area contributed by atoms with Crippen LogP contribution in [0.15, 0.2) is 59.8 Å². The normalized spacial score (nSPS) is 12.9. The van der Waals surface area contributed by atoms with E-state index in [-0.39, 0.29) is 18.5 Å². The van der Waals surface area contributed by atoms with Crippen LogP contribution in [-0.2, 0) is 6.54 Å². The van der Waals surface area contributed by atoms with E-state index in [9.17, 15) is 13.6 Å². The second-order valence-electron chi connectivity index (χ2n) is 5.10. The summed E-state index contributed by atoms with van der Waals surface area (Å²) >= 11 is 0. The molecule has 4 nitrogen and oxygen atoms in total. The van der Waals surface area contributed by atoms with Crippen molar-refractivity contribution in [2.75, 3.05) is 0 Å². The van der Waals surface area contributed by atoms with Crippen LogP contribution in [0.2, 0.25) is 0 Å². The smallest absolute Gasteiger partial charge is 0.290 e. The van der Waals surface area contributed by atoms with E-state index < -0.39 is 12.3 Å². The number of nitrogens with zero attached hydrogens (tertiary/aromatic N) is 3. The molecular formula is C16H15F2N3O. The van der Waals surface area contributed by atoms with Crippen molar-refractivity contribution in [3.8, 4) is 0 Å². The van der Waals surface area contributed by atoms with Gasteiger partial charge in [-0.15, -0.1) is 0 Å². The lowest BCUT2D eigenvalue weighted by Crippen LogP contribution is -2.26. The summed E-state index contributed by atoms with van der Waals surface area (Å²) in [4.78, 5) is 12.2. The van der Waals surface area contributed by atoms with Gasteiger partial charge in [0.05, 0.1) is 0 Å². The fourth-order valence-electron chi connectivity index (χ4n) is 2.54. The Balaban J connectivity index is 1.82. The molecule has 0 bridgehead atoms. The third-order valence-corrected chi connectivity index (χ3v) is 3.73. The molecule has 2 heterocycles. The van der Waals surface area contributed by atoms with Gasteiger partial charge in [0.25, 0.3) is 5.56 Å². The first-order valence-electron chi connectivity index (χ1n) is 7.02. The summed E-state index contributed by atoms with van der Waals surface area (Å²) in [6.07, 6.45) is 0.914. The Morgan fingerprint density at radius 1 is 1.09 bits per heavy atom. The number of benzene rings is 1. The van der Waals surface area contributed by atoms with E-state index in [2.05, 4.69) is 5.10 Å². The second kappa shape index (κ2) is 6.09. The standard InChI is InChI=1S/C16H15F2N3O/c17-15(18)13(12-5-2-1-3-6-12)8-10-21-16(22)14-7-4-9-20(14)11-19-21/h1-7,9,11,13,15H,8,10H2. The number of fused-ring (bicyclic) bond motifs is 1. The van der Waals surface area contributed by atoms with Crippen molar-refractivity contribution in [3.63, 3.8) is 0 Å². The van der Waals surface area contributed by atoms with Gasteiger partial charge in [-0.05, 0) is 24.1 Å². The third-order valence-electron chi connectivity index (χ3n) is 3.73. The first-order chi connectivity index (χ1) is 10.7. The van der Waals surface area contributed by atoms with Gasteiger partial charge in [0, 0.05) is 18.7 Å². The Morgan fingerprint density at radius 3 is 2.59 bits per heavy atom. The van der Waals surface area contributed by atoms with E-state index in [1.165, 1.54) is 11.0 Å². The molecule has 0 radical (unpaired) electrons. The van der Waals surface area contributed by atoms with Crippen molar-refractivity contribution in [3.05, 3.63) is 70.9 Å². The van der Waals surface area contributed by atoms with Crippen molar-refractivity contribution in [1.82, 2.24) is 14.2 Å². The van der Waals surface area contributed by atoms with E-state index >= 15 is 0 Å². The zero-order chi connectivity index (χ0) is 15.5. The summed E-state index contributed by atoms with van der Waals surface area (Å²) in [5, 5.41) is 4.03. The lowest BCUT2D eigenvalue weighted by atomic mass is 9.96. The molecule has 3 rings (SSSR count). The first kappa shape index (κ1) is 14.4. The minimum Gasteiger partial charge on any atom is -0.301 e. The summed E-state index contributed by atoms with van der Waals surface area (Å²) in [5.41, 5.74) is 0.797. The molecule has 22 heavy (non-hydrogen) atoms. The van der Waals surface area contributed by atoms with E-state index in [4.69, 9.17) is 0 Å². The molecule has 0 saturated heterocycles. The fraction of sp³-hybridized carbons (Fsp3) is 0.250. The van der Waals surface area contributed by atoms with Gasteiger partial charge in [0.1, 0.15) is 11.8 Å². The van der Waals surface area contributed by atoms with Crippen molar-refractivity contribution in [2.24, 2.45) is 0 Å². The molecule has 114 valence electrons. The van der Waals surface area contributed by atoms with E-state index in [1.807, 2.05) is 0 Å². The maximum Gasteiger partial charge on any atom is 0.290 e. The molecule has 6 heteroatoms. The molecule has 0 spiro atoms. The molecular weight excluding hydrogens is 288 g/mol. The molecule has 1 unspecified atom stereocenters. The molecule has 0 amide bonds. The minimum absolute atomic E-state index is 0.157. The van der Waals surface area contributed by atoms with Gasteiger partial charge in [-0.3, -0.25) is 4.79 Å². The fourth-order valence-corrected chi connectivity index (χ4v) is 2.54. The second-order valence-corrected chi connectivity index (χ2v) is 5.10. The molecule has 2 aromatic heterocycles. The Morgan fingerprint density at radius 2 is 1.86 bits per heavy atom. The van der Waals surface area contributed by atoms with Crippen LogP contribution in [-0.4, -0.2) is 20.6 Å². The van der Waals surface area contributed by atoms with Crippen LogP contribution in [0.4, 0.5) is 8.78 Å². The summed E-state index contributed by atoms with van der Waals surface area (Å²) < 4.78 is 29.4. The molecule has 1 aromatic carbocycles. The Labute approximate surface area is 125 Å². The van der Waals surface area contributed by atoms with Crippen molar-refractivity contribution in [1.29, 1.82) is 0 Å². The number of halogens is 2. The van der Waals surface area contributed by atoms with Crippen LogP contribution in [0.5, 0.6) is 0 Å². The number of hydrogen-bond acceptors (Lipinski definition) is 2. The van der Waals surface area contributed by atoms with Crippen LogP contribution in [0.25, 0.3) is 5.52 Å². The van der Waals surface area contributed by atoms with Gasteiger partial charge in [0.15, 0.2) is 0 Å². The molecule has 1 atom stereocenters. The highest BCUT2D eigenvalue weighted by atomic mass is 19.3. The van der Waals surface area contributed by atoms with E-state index in [0.717, 1.165) is 0 Å². The lowest BCUT2D eigenvalue weighted by Gasteiger charge is -2.16. The maximum atomic E-state index is 13.3. The van der Waals surface area contributed by atoms with Gasteiger partial charge in [-0.25, -0.2) is 13.5 Å². The molecule has 3 aromatic rings. The lowest BCUT2D eigenvalue weighted by molar-refractivity contribution is 0.107. The Hall–Kier alpha value is -2.50. The SMILES string of the molecule is O=c1c2cccn2cnn1CCC(c1ccccc1)C(F)F. The zero-order valence-corrected chi connectivity index (χ0v) is 11.8. The third kappa shape index (κ3) is 2.77. The molecule has 0 aliphatic rings. The number of rotatable bonds is 5. The highest BCUT2D eigenvalue weighted by molar-refractivity contribution is 5.44. The summed E-state index contributed by atoms with van der Waals surface area (Å²) in [7, 11) is 0. The predicted molar refractivity (Wildman–Crippen MR) is 79.3 cm³/mol. The van der Waals surface area contributed by atoms with Crippen LogP contribution in [0, 0.1) is 0 Å². The highest BCUT2D eigenvalue weighted by Crippen LogP contribution is 2.26. The van der Waals surface area contributed by atoms with Crippen molar-refractivity contribution >= 4 is 5.52 Å². The summed E-state index contributed by atoms with van der Waals surface area (Å²) in [5.74, 6) is -0.905. The average molecular weight is 303 g/mol. The van der Waals surface area contributed by atoms with Crippen LogP contribution < -0.4 is 5.56 Å². The monoisotopic (exact) mass is 303 g/mol. The van der Waals surface area contributed by atoms with E-state index in [0.29, 0.717) is 11.1 Å². The number of alkyl halides is 2.